The highest BCUT2D eigenvalue weighted by atomic mass is 16.2. The molecule has 0 saturated carbocycles. The van der Waals surface area contributed by atoms with Crippen LogP contribution in [0.5, 0.6) is 0 Å². The molecule has 1 aliphatic rings. The molecule has 0 unspecified atom stereocenters. The lowest BCUT2D eigenvalue weighted by molar-refractivity contribution is -0.129. The summed E-state index contributed by atoms with van der Waals surface area (Å²) in [5, 5.41) is 0. The molecule has 1 amide bonds. The Bertz CT molecular complexity index is 165. The number of amides is 1. The van der Waals surface area contributed by atoms with Crippen LogP contribution in [0.15, 0.2) is 0 Å². The fraction of sp³-hybridized carbons (Fsp3) is 0.714. The van der Waals surface area contributed by atoms with E-state index < -0.39 is 0 Å². The topological polar surface area (TPSA) is 37.4 Å². The minimum absolute atomic E-state index is 0.0888. The van der Waals surface area contributed by atoms with Gasteiger partial charge in [0.25, 0.3) is 0 Å². The number of hydrogen-bond donors (Lipinski definition) is 0. The van der Waals surface area contributed by atoms with E-state index in [1.807, 2.05) is 0 Å². The van der Waals surface area contributed by atoms with Gasteiger partial charge in [-0.3, -0.25) is 9.59 Å². The van der Waals surface area contributed by atoms with Crippen molar-refractivity contribution >= 4 is 11.7 Å². The molecule has 0 N–H and O–H groups in total. The van der Waals surface area contributed by atoms with Gasteiger partial charge in [0, 0.05) is 32.9 Å². The number of hydrogen-bond acceptors (Lipinski definition) is 2. The van der Waals surface area contributed by atoms with Crippen LogP contribution in [0.1, 0.15) is 19.3 Å². The maximum atomic E-state index is 10.9. The minimum atomic E-state index is 0.0888. The van der Waals surface area contributed by atoms with Crippen LogP contribution in [0.25, 0.3) is 0 Å². The summed E-state index contributed by atoms with van der Waals surface area (Å²) in [4.78, 5) is 23.3. The molecule has 1 rings (SSSR count). The van der Waals surface area contributed by atoms with Crippen molar-refractivity contribution in [1.29, 1.82) is 0 Å². The van der Waals surface area contributed by atoms with E-state index in [-0.39, 0.29) is 11.7 Å². The molecule has 0 bridgehead atoms. The third-order valence-corrected chi connectivity index (χ3v) is 1.77. The summed E-state index contributed by atoms with van der Waals surface area (Å²) < 4.78 is 0. The zero-order valence-electron chi connectivity index (χ0n) is 6.09. The number of carbonyl (C=O) groups is 2. The smallest absolute Gasteiger partial charge is 0.222 e. The second-order valence-corrected chi connectivity index (χ2v) is 2.60. The summed E-state index contributed by atoms with van der Waals surface area (Å²) >= 11 is 0. The molecule has 3 nitrogen and oxygen atoms in total. The highest BCUT2D eigenvalue weighted by molar-refractivity contribution is 5.87. The molecule has 10 heavy (non-hydrogen) atoms. The van der Waals surface area contributed by atoms with Crippen LogP contribution < -0.4 is 0 Å². The van der Waals surface area contributed by atoms with E-state index in [0.29, 0.717) is 25.8 Å². The van der Waals surface area contributed by atoms with Crippen molar-refractivity contribution in [2.45, 2.75) is 19.3 Å². The van der Waals surface area contributed by atoms with E-state index in [2.05, 4.69) is 0 Å². The summed E-state index contributed by atoms with van der Waals surface area (Å²) in [6.45, 7) is 0.595. The number of Topliss-reactive ketones (excluding diaryl/α,β-unsaturated/α-hetero) is 1. The predicted molar refractivity (Wildman–Crippen MR) is 36.5 cm³/mol. The third kappa shape index (κ3) is 1.56. The Hall–Kier alpha value is -0.860. The average Bonchev–Trinajstić information content (AvgIpc) is 2.04. The predicted octanol–water partition coefficient (Wildman–Crippen LogP) is 0.198. The third-order valence-electron chi connectivity index (χ3n) is 1.77. The van der Waals surface area contributed by atoms with Gasteiger partial charge in [-0.15, -0.1) is 0 Å². The van der Waals surface area contributed by atoms with Crippen LogP contribution in [-0.2, 0) is 9.59 Å². The number of nitrogens with zero attached hydrogens (tertiary/aromatic N) is 1. The lowest BCUT2D eigenvalue weighted by Crippen LogP contribution is -2.25. The van der Waals surface area contributed by atoms with Gasteiger partial charge in [-0.1, -0.05) is 0 Å². The first-order valence-corrected chi connectivity index (χ1v) is 3.46. The van der Waals surface area contributed by atoms with Crippen molar-refractivity contribution in [3.05, 3.63) is 0 Å². The first-order valence-electron chi connectivity index (χ1n) is 3.46. The van der Waals surface area contributed by atoms with Crippen molar-refractivity contribution in [1.82, 2.24) is 4.90 Å². The van der Waals surface area contributed by atoms with E-state index >= 15 is 0 Å². The molecule has 1 heterocycles. The minimum Gasteiger partial charge on any atom is -0.345 e. The average molecular weight is 141 g/mol. The molecule has 1 saturated heterocycles. The van der Waals surface area contributed by atoms with Gasteiger partial charge < -0.3 is 4.90 Å². The monoisotopic (exact) mass is 141 g/mol. The fourth-order valence-corrected chi connectivity index (χ4v) is 0.979. The van der Waals surface area contributed by atoms with Crippen LogP contribution in [0.2, 0.25) is 0 Å². The zero-order valence-corrected chi connectivity index (χ0v) is 6.09. The molecule has 0 radical (unpaired) electrons. The number of rotatable bonds is 0. The van der Waals surface area contributed by atoms with Gasteiger partial charge in [-0.05, 0) is 0 Å². The Kier molecular flexibility index (Phi) is 2.04. The van der Waals surface area contributed by atoms with Crippen LogP contribution in [0, 0.1) is 0 Å². The largest absolute Gasteiger partial charge is 0.345 e. The van der Waals surface area contributed by atoms with Gasteiger partial charge in [0.15, 0.2) is 0 Å². The van der Waals surface area contributed by atoms with Crippen molar-refractivity contribution in [2.24, 2.45) is 0 Å². The first-order chi connectivity index (χ1) is 4.70. The van der Waals surface area contributed by atoms with Crippen molar-refractivity contribution in [2.75, 3.05) is 13.6 Å². The molecular weight excluding hydrogens is 130 g/mol. The normalized spacial score (nSPS) is 21.1. The number of ketones is 1. The SMILES string of the molecule is CN1CCC(=O)CCC1=O. The summed E-state index contributed by atoms with van der Waals surface area (Å²) in [5.74, 6) is 0.295. The quantitative estimate of drug-likeness (QED) is 0.483. The highest BCUT2D eigenvalue weighted by Gasteiger charge is 2.16. The molecule has 56 valence electrons. The van der Waals surface area contributed by atoms with Gasteiger partial charge in [0.2, 0.25) is 5.91 Å². The summed E-state index contributed by atoms with van der Waals surface area (Å²) in [5.41, 5.74) is 0. The maximum absolute atomic E-state index is 10.9. The van der Waals surface area contributed by atoms with Crippen LogP contribution in [0.4, 0.5) is 0 Å². The lowest BCUT2D eigenvalue weighted by atomic mass is 10.2. The second-order valence-electron chi connectivity index (χ2n) is 2.60. The molecule has 0 spiro atoms. The molecular formula is C7H11NO2. The number of carbonyl (C=O) groups excluding carboxylic acids is 2. The number of likely N-dealkylation sites (tertiary alicyclic amines) is 1. The standard InChI is InChI=1S/C7H11NO2/c1-8-5-4-6(9)2-3-7(8)10/h2-5H2,1H3. The molecule has 3 heteroatoms. The van der Waals surface area contributed by atoms with E-state index in [1.165, 1.54) is 0 Å². The van der Waals surface area contributed by atoms with Crippen molar-refractivity contribution < 1.29 is 9.59 Å². The lowest BCUT2D eigenvalue weighted by Gasteiger charge is -2.11. The molecule has 1 fully saturated rings. The van der Waals surface area contributed by atoms with Gasteiger partial charge >= 0.3 is 0 Å². The van der Waals surface area contributed by atoms with E-state index in [4.69, 9.17) is 0 Å². The Morgan fingerprint density at radius 2 is 1.90 bits per heavy atom. The summed E-state index contributed by atoms with van der Waals surface area (Å²) in [6, 6.07) is 0. The van der Waals surface area contributed by atoms with E-state index in [9.17, 15) is 9.59 Å². The molecule has 0 aliphatic carbocycles. The van der Waals surface area contributed by atoms with E-state index in [0.717, 1.165) is 0 Å². The Morgan fingerprint density at radius 3 is 2.60 bits per heavy atom. The highest BCUT2D eigenvalue weighted by Crippen LogP contribution is 2.05. The zero-order chi connectivity index (χ0) is 7.56. The van der Waals surface area contributed by atoms with Gasteiger partial charge in [0.1, 0.15) is 5.78 Å². The Balaban J connectivity index is 2.54. The Morgan fingerprint density at radius 1 is 1.20 bits per heavy atom. The van der Waals surface area contributed by atoms with Crippen molar-refractivity contribution in [3.8, 4) is 0 Å². The first kappa shape index (κ1) is 7.25. The second kappa shape index (κ2) is 2.82. The maximum Gasteiger partial charge on any atom is 0.222 e. The van der Waals surface area contributed by atoms with Gasteiger partial charge in [-0.25, -0.2) is 0 Å². The van der Waals surface area contributed by atoms with Crippen LogP contribution in [-0.4, -0.2) is 30.2 Å². The van der Waals surface area contributed by atoms with Gasteiger partial charge in [-0.2, -0.15) is 0 Å². The van der Waals surface area contributed by atoms with Crippen LogP contribution in [0.3, 0.4) is 0 Å². The molecule has 0 aromatic carbocycles. The molecule has 0 atom stereocenters. The summed E-state index contributed by atoms with van der Waals surface area (Å²) in [6.07, 6.45) is 1.36. The Labute approximate surface area is 60.0 Å². The van der Waals surface area contributed by atoms with Crippen LogP contribution >= 0.6 is 0 Å². The van der Waals surface area contributed by atoms with E-state index in [1.54, 1.807) is 11.9 Å². The van der Waals surface area contributed by atoms with Crippen molar-refractivity contribution in [3.63, 3.8) is 0 Å². The molecule has 1 aliphatic heterocycles. The summed E-state index contributed by atoms with van der Waals surface area (Å²) in [7, 11) is 1.74. The molecule has 0 aromatic rings. The molecule has 0 aromatic heterocycles. The fourth-order valence-electron chi connectivity index (χ4n) is 0.979. The van der Waals surface area contributed by atoms with Gasteiger partial charge in [0.05, 0.1) is 0 Å².